The molecule has 1 heterocycles. The van der Waals surface area contributed by atoms with Gasteiger partial charge in [0.1, 0.15) is 0 Å². The van der Waals surface area contributed by atoms with Crippen molar-refractivity contribution >= 4 is 20.7 Å². The number of para-hydroxylation sites is 1. The number of pyridine rings is 1. The Morgan fingerprint density at radius 2 is 1.44 bits per heavy atom. The fraction of sp³-hybridized carbons (Fsp3) is 0.160. The number of benzene rings is 3. The number of hydrogen-bond donors (Lipinski definition) is 0. The minimum absolute atomic E-state index is 0.0672. The zero-order valence-corrected chi connectivity index (χ0v) is 18.2. The zero-order valence-electron chi connectivity index (χ0n) is 17.4. The Morgan fingerprint density at radius 1 is 0.781 bits per heavy atom. The average Bonchev–Trinajstić information content (AvgIpc) is 2.77. The maximum absolute atomic E-state index is 13.6. The number of sulfone groups is 1. The van der Waals surface area contributed by atoms with Gasteiger partial charge in [0.15, 0.2) is 9.84 Å². The Kier molecular flexibility index (Phi) is 5.54. The second kappa shape index (κ2) is 8.06. The van der Waals surface area contributed by atoms with Crippen molar-refractivity contribution in [3.8, 4) is 22.4 Å². The van der Waals surface area contributed by atoms with E-state index in [1.165, 1.54) is 12.1 Å². The van der Waals surface area contributed by atoms with Crippen LogP contribution >= 0.6 is 0 Å². The summed E-state index contributed by atoms with van der Waals surface area (Å²) in [5.41, 5.74) is 0.568. The minimum atomic E-state index is -4.58. The van der Waals surface area contributed by atoms with E-state index in [0.29, 0.717) is 16.5 Å². The van der Waals surface area contributed by atoms with Crippen molar-refractivity contribution in [2.24, 2.45) is 0 Å². The van der Waals surface area contributed by atoms with Crippen LogP contribution in [0.3, 0.4) is 0 Å². The van der Waals surface area contributed by atoms with Crippen LogP contribution in [0.2, 0.25) is 0 Å². The SMILES string of the molecule is CC(C)S(=O)(=O)c1c(-c2ccccc2)cccc1-c1ccc2cccc(C(F)(F)F)c2n1. The van der Waals surface area contributed by atoms with Crippen LogP contribution in [0.4, 0.5) is 13.2 Å². The summed E-state index contributed by atoms with van der Waals surface area (Å²) < 4.78 is 67.5. The van der Waals surface area contributed by atoms with Gasteiger partial charge in [-0.3, -0.25) is 0 Å². The maximum Gasteiger partial charge on any atom is 0.418 e. The predicted molar refractivity (Wildman–Crippen MR) is 120 cm³/mol. The summed E-state index contributed by atoms with van der Waals surface area (Å²) in [5.74, 6) is 0. The van der Waals surface area contributed by atoms with E-state index in [1.807, 2.05) is 6.07 Å². The molecule has 4 aromatic rings. The van der Waals surface area contributed by atoms with Gasteiger partial charge >= 0.3 is 6.18 Å². The fourth-order valence-electron chi connectivity index (χ4n) is 3.65. The van der Waals surface area contributed by atoms with Gasteiger partial charge in [-0.1, -0.05) is 66.7 Å². The molecule has 0 aliphatic carbocycles. The molecule has 3 aromatic carbocycles. The highest BCUT2D eigenvalue weighted by atomic mass is 32.2. The van der Waals surface area contributed by atoms with Gasteiger partial charge in [-0.15, -0.1) is 0 Å². The van der Waals surface area contributed by atoms with E-state index in [-0.39, 0.29) is 21.7 Å². The van der Waals surface area contributed by atoms with Crippen molar-refractivity contribution in [1.82, 2.24) is 4.98 Å². The summed E-state index contributed by atoms with van der Waals surface area (Å²) in [6, 6.07) is 21.0. The number of alkyl halides is 3. The normalized spacial score (nSPS) is 12.4. The lowest BCUT2D eigenvalue weighted by molar-refractivity contribution is -0.136. The van der Waals surface area contributed by atoms with Crippen molar-refractivity contribution in [2.75, 3.05) is 0 Å². The molecular formula is C25H20F3NO2S. The Labute approximate surface area is 184 Å². The molecule has 0 saturated carbocycles. The van der Waals surface area contributed by atoms with Crippen LogP contribution < -0.4 is 0 Å². The molecule has 0 fully saturated rings. The molecule has 3 nitrogen and oxygen atoms in total. The first kappa shape index (κ1) is 22.0. The number of fused-ring (bicyclic) bond motifs is 1. The maximum atomic E-state index is 13.6. The van der Waals surface area contributed by atoms with Crippen molar-refractivity contribution in [3.63, 3.8) is 0 Å². The van der Waals surface area contributed by atoms with E-state index in [9.17, 15) is 21.6 Å². The molecule has 0 aliphatic rings. The molecule has 0 spiro atoms. The summed E-state index contributed by atoms with van der Waals surface area (Å²) in [5, 5.41) is -0.395. The second-order valence-corrected chi connectivity index (χ2v) is 10.2. The number of rotatable bonds is 4. The molecule has 7 heteroatoms. The molecule has 0 aliphatic heterocycles. The van der Waals surface area contributed by atoms with Gasteiger partial charge in [0.25, 0.3) is 0 Å². The van der Waals surface area contributed by atoms with Crippen LogP contribution in [0.5, 0.6) is 0 Å². The van der Waals surface area contributed by atoms with E-state index in [0.717, 1.165) is 6.07 Å². The standard InChI is InChI=1S/C25H20F3NO2S/c1-16(2)32(30,31)24-19(17-8-4-3-5-9-17)11-7-12-20(24)22-15-14-18-10-6-13-21(23(18)29-22)25(26,27)28/h3-16H,1-2H3. The number of nitrogens with zero attached hydrogens (tertiary/aromatic N) is 1. The van der Waals surface area contributed by atoms with Gasteiger partial charge in [-0.25, -0.2) is 13.4 Å². The summed E-state index contributed by atoms with van der Waals surface area (Å²) in [6.45, 7) is 3.16. The first-order valence-corrected chi connectivity index (χ1v) is 11.5. The zero-order chi connectivity index (χ0) is 23.1. The van der Waals surface area contributed by atoms with Gasteiger partial charge in [-0.05, 0) is 31.5 Å². The fourth-order valence-corrected chi connectivity index (χ4v) is 5.09. The summed E-state index contributed by atoms with van der Waals surface area (Å²) in [4.78, 5) is 4.36. The lowest BCUT2D eigenvalue weighted by atomic mass is 10.0. The molecule has 0 radical (unpaired) electrons. The van der Waals surface area contributed by atoms with Gasteiger partial charge < -0.3 is 0 Å². The number of aromatic nitrogens is 1. The second-order valence-electron chi connectivity index (χ2n) is 7.71. The van der Waals surface area contributed by atoms with Gasteiger partial charge in [0.05, 0.1) is 26.9 Å². The van der Waals surface area contributed by atoms with Gasteiger partial charge in [0, 0.05) is 16.5 Å². The van der Waals surface area contributed by atoms with Crippen molar-refractivity contribution in [1.29, 1.82) is 0 Å². The van der Waals surface area contributed by atoms with Crippen LogP contribution in [0.25, 0.3) is 33.3 Å². The lowest BCUT2D eigenvalue weighted by Gasteiger charge is -2.18. The van der Waals surface area contributed by atoms with Crippen molar-refractivity contribution in [2.45, 2.75) is 30.2 Å². The highest BCUT2D eigenvalue weighted by Crippen LogP contribution is 2.39. The molecule has 0 amide bonds. The van der Waals surface area contributed by atoms with Crippen LogP contribution in [-0.4, -0.2) is 18.7 Å². The van der Waals surface area contributed by atoms with Crippen LogP contribution in [0.1, 0.15) is 19.4 Å². The van der Waals surface area contributed by atoms with Crippen molar-refractivity contribution in [3.05, 3.63) is 84.4 Å². The first-order valence-electron chi connectivity index (χ1n) is 10.0. The van der Waals surface area contributed by atoms with E-state index in [1.54, 1.807) is 68.4 Å². The third-order valence-electron chi connectivity index (χ3n) is 5.31. The Morgan fingerprint density at radius 3 is 2.09 bits per heavy atom. The Balaban J connectivity index is 2.06. The molecular weight excluding hydrogens is 435 g/mol. The van der Waals surface area contributed by atoms with Gasteiger partial charge in [0.2, 0.25) is 0 Å². The monoisotopic (exact) mass is 455 g/mol. The average molecular weight is 456 g/mol. The van der Waals surface area contributed by atoms with Crippen molar-refractivity contribution < 1.29 is 21.6 Å². The first-order chi connectivity index (χ1) is 15.1. The molecule has 4 rings (SSSR count). The Bertz CT molecular complexity index is 1400. The third-order valence-corrected chi connectivity index (χ3v) is 7.56. The smallest absolute Gasteiger partial charge is 0.247 e. The molecule has 0 unspecified atom stereocenters. The molecule has 164 valence electrons. The number of halogens is 3. The minimum Gasteiger partial charge on any atom is -0.247 e. The topological polar surface area (TPSA) is 47.0 Å². The molecule has 0 N–H and O–H groups in total. The molecule has 32 heavy (non-hydrogen) atoms. The predicted octanol–water partition coefficient (Wildman–Crippen LogP) is 6.77. The van der Waals surface area contributed by atoms with E-state index in [2.05, 4.69) is 4.98 Å². The highest BCUT2D eigenvalue weighted by Gasteiger charge is 2.33. The molecule has 1 aromatic heterocycles. The van der Waals surface area contributed by atoms with Crippen LogP contribution in [0.15, 0.2) is 83.8 Å². The lowest BCUT2D eigenvalue weighted by Crippen LogP contribution is -2.16. The van der Waals surface area contributed by atoms with Gasteiger partial charge in [-0.2, -0.15) is 13.2 Å². The molecule has 0 saturated heterocycles. The number of hydrogen-bond acceptors (Lipinski definition) is 3. The van der Waals surface area contributed by atoms with E-state index < -0.39 is 26.8 Å². The van der Waals surface area contributed by atoms with E-state index in [4.69, 9.17) is 0 Å². The summed E-state index contributed by atoms with van der Waals surface area (Å²) >= 11 is 0. The Hall–Kier alpha value is -3.19. The largest absolute Gasteiger partial charge is 0.418 e. The summed E-state index contributed by atoms with van der Waals surface area (Å²) in [6.07, 6.45) is -4.58. The van der Waals surface area contributed by atoms with Crippen LogP contribution in [0, 0.1) is 0 Å². The quantitative estimate of drug-likeness (QED) is 0.341. The molecule has 0 bridgehead atoms. The molecule has 0 atom stereocenters. The third kappa shape index (κ3) is 3.88. The van der Waals surface area contributed by atoms with E-state index >= 15 is 0 Å². The summed E-state index contributed by atoms with van der Waals surface area (Å²) in [7, 11) is -3.79. The highest BCUT2D eigenvalue weighted by molar-refractivity contribution is 7.92. The van der Waals surface area contributed by atoms with Crippen LogP contribution in [-0.2, 0) is 16.0 Å².